The summed E-state index contributed by atoms with van der Waals surface area (Å²) in [6.45, 7) is 3.58. The van der Waals surface area contributed by atoms with Crippen LogP contribution in [0.1, 0.15) is 25.0 Å². The predicted octanol–water partition coefficient (Wildman–Crippen LogP) is 2.89. The van der Waals surface area contributed by atoms with Crippen molar-refractivity contribution in [1.82, 2.24) is 5.32 Å². The third-order valence-corrected chi connectivity index (χ3v) is 5.65. The van der Waals surface area contributed by atoms with Crippen LogP contribution in [0.3, 0.4) is 0 Å². The number of nitrogens with zero attached hydrogens (tertiary/aromatic N) is 3. The Bertz CT molecular complexity index is 1140. The molecule has 10 heteroatoms. The van der Waals surface area contributed by atoms with Crippen LogP contribution >= 0.6 is 12.2 Å². The number of likely N-dealkylation sites (N-methyl/N-ethyl adjacent to an activating group) is 1. The highest BCUT2D eigenvalue weighted by Crippen LogP contribution is 2.39. The molecule has 2 aromatic rings. The van der Waals surface area contributed by atoms with Gasteiger partial charge in [-0.1, -0.05) is 12.1 Å². The number of rotatable bonds is 7. The van der Waals surface area contributed by atoms with E-state index in [0.29, 0.717) is 5.69 Å². The molecule has 0 radical (unpaired) electrons. The molecule has 1 aliphatic heterocycles. The molecule has 0 atom stereocenters. The van der Waals surface area contributed by atoms with Crippen molar-refractivity contribution in [1.29, 1.82) is 5.26 Å². The van der Waals surface area contributed by atoms with E-state index >= 15 is 4.39 Å². The lowest BCUT2D eigenvalue weighted by molar-refractivity contribution is -0.125. The second kappa shape index (κ2) is 9.52. The molecule has 172 valence electrons. The highest BCUT2D eigenvalue weighted by atomic mass is 32.1. The molecule has 0 aliphatic carbocycles. The van der Waals surface area contributed by atoms with E-state index in [4.69, 9.17) is 21.7 Å². The predicted molar refractivity (Wildman–Crippen MR) is 124 cm³/mol. The average Bonchev–Trinajstić information content (AvgIpc) is 2.97. The summed E-state index contributed by atoms with van der Waals surface area (Å²) in [7, 11) is 2.79. The number of hydrogen-bond donors (Lipinski definition) is 1. The molecule has 3 rings (SSSR count). The lowest BCUT2D eigenvalue weighted by Crippen LogP contribution is -2.44. The zero-order valence-corrected chi connectivity index (χ0v) is 19.5. The van der Waals surface area contributed by atoms with Crippen molar-refractivity contribution in [2.24, 2.45) is 0 Å². The van der Waals surface area contributed by atoms with Crippen molar-refractivity contribution in [2.45, 2.75) is 26.0 Å². The summed E-state index contributed by atoms with van der Waals surface area (Å²) in [4.78, 5) is 27.3. The topological polar surface area (TPSA) is 94.9 Å². The number of hydrogen-bond acceptors (Lipinski definition) is 6. The maximum atomic E-state index is 15.2. The van der Waals surface area contributed by atoms with Crippen molar-refractivity contribution < 1.29 is 23.5 Å². The number of nitrogens with one attached hydrogen (secondary N) is 1. The summed E-state index contributed by atoms with van der Waals surface area (Å²) in [6, 6.07) is 11.7. The van der Waals surface area contributed by atoms with Gasteiger partial charge >= 0.3 is 0 Å². The molecule has 1 fully saturated rings. The van der Waals surface area contributed by atoms with Gasteiger partial charge in [0.1, 0.15) is 18.2 Å². The minimum absolute atomic E-state index is 0.0154. The van der Waals surface area contributed by atoms with Gasteiger partial charge < -0.3 is 19.7 Å². The van der Waals surface area contributed by atoms with Crippen molar-refractivity contribution >= 4 is 40.5 Å². The first kappa shape index (κ1) is 24.1. The maximum absolute atomic E-state index is 15.2. The maximum Gasteiger partial charge on any atom is 0.259 e. The van der Waals surface area contributed by atoms with Crippen LogP contribution in [0, 0.1) is 17.1 Å². The van der Waals surface area contributed by atoms with Gasteiger partial charge in [-0.05, 0) is 55.9 Å². The number of ether oxygens (including phenoxy) is 2. The van der Waals surface area contributed by atoms with Gasteiger partial charge in [-0.15, -0.1) is 0 Å². The van der Waals surface area contributed by atoms with Gasteiger partial charge in [0.25, 0.3) is 5.91 Å². The number of carbonyl (C=O) groups excluding carboxylic acids is 2. The van der Waals surface area contributed by atoms with Crippen molar-refractivity contribution in [2.75, 3.05) is 30.6 Å². The van der Waals surface area contributed by atoms with Crippen LogP contribution in [0.2, 0.25) is 0 Å². The summed E-state index contributed by atoms with van der Waals surface area (Å²) in [6.07, 6.45) is 0. The zero-order chi connectivity index (χ0) is 24.3. The molecule has 2 aromatic carbocycles. The summed E-state index contributed by atoms with van der Waals surface area (Å²) in [5.74, 6) is -1.73. The van der Waals surface area contributed by atoms with Gasteiger partial charge in [0.2, 0.25) is 5.91 Å². The largest absolute Gasteiger partial charge is 0.492 e. The number of thiocarbonyl (C=S) groups is 1. The van der Waals surface area contributed by atoms with E-state index in [1.165, 1.54) is 26.3 Å². The van der Waals surface area contributed by atoms with Gasteiger partial charge in [-0.2, -0.15) is 5.26 Å². The quantitative estimate of drug-likeness (QED) is 0.622. The zero-order valence-electron chi connectivity index (χ0n) is 18.6. The Morgan fingerprint density at radius 1 is 1.24 bits per heavy atom. The Labute approximate surface area is 196 Å². The standard InChI is InChI=1S/C23H23FN4O4S/c1-23(2)21(30)27(17-10-7-15(11-25)20(31-4)19(17)24)22(33)28(23)16-8-5-14(6-9-16)12-32-13-18(29)26-3/h5-10H,12-13H2,1-4H3,(H,26,29). The van der Waals surface area contributed by atoms with E-state index in [-0.39, 0.29) is 41.2 Å². The van der Waals surface area contributed by atoms with Gasteiger partial charge in [0.05, 0.1) is 25.0 Å². The van der Waals surface area contributed by atoms with E-state index in [0.717, 1.165) is 10.5 Å². The molecule has 33 heavy (non-hydrogen) atoms. The molecule has 8 nitrogen and oxygen atoms in total. The molecule has 0 spiro atoms. The number of benzene rings is 2. The Kier molecular flexibility index (Phi) is 6.95. The number of methoxy groups -OCH3 is 1. The smallest absolute Gasteiger partial charge is 0.259 e. The first-order valence-corrected chi connectivity index (χ1v) is 10.4. The second-order valence-corrected chi connectivity index (χ2v) is 8.11. The van der Waals surface area contributed by atoms with Gasteiger partial charge in [-0.3, -0.25) is 14.5 Å². The normalized spacial score (nSPS) is 14.9. The third-order valence-electron chi connectivity index (χ3n) is 5.29. The van der Waals surface area contributed by atoms with E-state index in [1.807, 2.05) is 6.07 Å². The molecule has 1 heterocycles. The summed E-state index contributed by atoms with van der Waals surface area (Å²) in [5, 5.41) is 11.8. The summed E-state index contributed by atoms with van der Waals surface area (Å²) >= 11 is 5.59. The molecule has 0 aromatic heterocycles. The fraction of sp³-hybridized carbons (Fsp3) is 0.304. The van der Waals surface area contributed by atoms with Gasteiger partial charge in [0, 0.05) is 12.7 Å². The summed E-state index contributed by atoms with van der Waals surface area (Å²) in [5.41, 5.74) is 0.299. The fourth-order valence-corrected chi connectivity index (χ4v) is 4.04. The van der Waals surface area contributed by atoms with E-state index in [2.05, 4.69) is 5.32 Å². The molecule has 0 bridgehead atoms. The number of amides is 2. The molecular weight excluding hydrogens is 447 g/mol. The van der Waals surface area contributed by atoms with Crippen LogP contribution in [0.25, 0.3) is 0 Å². The SMILES string of the molecule is CNC(=O)COCc1ccc(N2C(=S)N(c3ccc(C#N)c(OC)c3F)C(=O)C2(C)C)cc1. The van der Waals surface area contributed by atoms with Crippen LogP contribution in [0.5, 0.6) is 5.75 Å². The molecule has 2 amide bonds. The van der Waals surface area contributed by atoms with Crippen LogP contribution < -0.4 is 19.9 Å². The first-order chi connectivity index (χ1) is 15.7. The van der Waals surface area contributed by atoms with E-state index in [9.17, 15) is 14.9 Å². The average molecular weight is 471 g/mol. The van der Waals surface area contributed by atoms with E-state index < -0.39 is 17.3 Å². The molecule has 1 N–H and O–H groups in total. The molecule has 0 unspecified atom stereocenters. The Hall–Kier alpha value is -3.55. The molecular formula is C23H23FN4O4S. The van der Waals surface area contributed by atoms with E-state index in [1.54, 1.807) is 43.0 Å². The van der Waals surface area contributed by atoms with Crippen LogP contribution in [0.15, 0.2) is 36.4 Å². The first-order valence-electron chi connectivity index (χ1n) is 10.00. The number of halogens is 1. The third kappa shape index (κ3) is 4.37. The summed E-state index contributed by atoms with van der Waals surface area (Å²) < 4.78 is 25.6. The van der Waals surface area contributed by atoms with Crippen LogP contribution in [0.4, 0.5) is 15.8 Å². The Morgan fingerprint density at radius 2 is 1.91 bits per heavy atom. The number of anilines is 2. The monoisotopic (exact) mass is 470 g/mol. The van der Waals surface area contributed by atoms with Crippen LogP contribution in [-0.2, 0) is 20.9 Å². The van der Waals surface area contributed by atoms with Gasteiger partial charge in [-0.25, -0.2) is 4.39 Å². The second-order valence-electron chi connectivity index (χ2n) is 7.74. The lowest BCUT2D eigenvalue weighted by atomic mass is 10.0. The minimum atomic E-state index is -1.10. The number of carbonyl (C=O) groups is 2. The molecule has 1 aliphatic rings. The van der Waals surface area contributed by atoms with Gasteiger partial charge in [0.15, 0.2) is 16.7 Å². The highest BCUT2D eigenvalue weighted by Gasteiger charge is 2.51. The Balaban J connectivity index is 1.90. The van der Waals surface area contributed by atoms with Crippen molar-refractivity contribution in [3.63, 3.8) is 0 Å². The highest BCUT2D eigenvalue weighted by molar-refractivity contribution is 7.81. The molecule has 1 saturated heterocycles. The molecule has 0 saturated carbocycles. The van der Waals surface area contributed by atoms with Crippen molar-refractivity contribution in [3.8, 4) is 11.8 Å². The Morgan fingerprint density at radius 3 is 2.48 bits per heavy atom. The fourth-order valence-electron chi connectivity index (χ4n) is 3.52. The van der Waals surface area contributed by atoms with Crippen LogP contribution in [-0.4, -0.2) is 43.2 Å². The number of nitriles is 1. The lowest BCUT2D eigenvalue weighted by Gasteiger charge is -2.29. The minimum Gasteiger partial charge on any atom is -0.492 e. The van der Waals surface area contributed by atoms with Crippen molar-refractivity contribution in [3.05, 3.63) is 53.3 Å².